The van der Waals surface area contributed by atoms with Crippen molar-refractivity contribution in [2.24, 2.45) is 5.10 Å². The Hall–Kier alpha value is -4.64. The Labute approximate surface area is 254 Å². The summed E-state index contributed by atoms with van der Waals surface area (Å²) in [5.41, 5.74) is 6.33. The van der Waals surface area contributed by atoms with Crippen LogP contribution in [0.1, 0.15) is 47.2 Å². The summed E-state index contributed by atoms with van der Waals surface area (Å²) < 4.78 is 23.4. The molecule has 0 fully saturated rings. The number of aryl methyl sites for hydroxylation is 3. The fourth-order valence-electron chi connectivity index (χ4n) is 4.99. The maximum atomic E-state index is 12.8. The lowest BCUT2D eigenvalue weighted by Crippen LogP contribution is -2.24. The molecular formula is C32H34N4O6S. The van der Waals surface area contributed by atoms with Gasteiger partial charge in [0.15, 0.2) is 23.2 Å². The van der Waals surface area contributed by atoms with E-state index >= 15 is 0 Å². The van der Waals surface area contributed by atoms with Crippen LogP contribution < -0.4 is 24.3 Å². The molecule has 0 bridgehead atoms. The Kier molecular flexibility index (Phi) is 8.54. The van der Waals surface area contributed by atoms with Gasteiger partial charge in [0.05, 0.1) is 43.3 Å². The van der Waals surface area contributed by atoms with Gasteiger partial charge in [0.25, 0.3) is 5.91 Å². The molecule has 224 valence electrons. The number of fused-ring (bicyclic) bond motifs is 1. The van der Waals surface area contributed by atoms with Gasteiger partial charge in [0.1, 0.15) is 5.75 Å². The Morgan fingerprint density at radius 1 is 0.930 bits per heavy atom. The van der Waals surface area contributed by atoms with Crippen LogP contribution in [0.25, 0.3) is 10.2 Å². The zero-order chi connectivity index (χ0) is 30.8. The molecule has 43 heavy (non-hydrogen) atoms. The highest BCUT2D eigenvalue weighted by atomic mass is 32.1. The van der Waals surface area contributed by atoms with Gasteiger partial charge in [-0.25, -0.2) is 9.99 Å². The van der Waals surface area contributed by atoms with Crippen LogP contribution in [0.5, 0.6) is 23.0 Å². The lowest BCUT2D eigenvalue weighted by atomic mass is 9.97. The van der Waals surface area contributed by atoms with Crippen molar-refractivity contribution in [3.8, 4) is 23.0 Å². The van der Waals surface area contributed by atoms with E-state index in [0.717, 1.165) is 32.5 Å². The van der Waals surface area contributed by atoms with E-state index in [2.05, 4.69) is 28.4 Å². The molecule has 2 amide bonds. The fraction of sp³-hybridized carbons (Fsp3) is 0.312. The largest absolute Gasteiger partial charge is 0.493 e. The quantitative estimate of drug-likeness (QED) is 0.252. The average molecular weight is 603 g/mol. The molecule has 0 radical (unpaired) electrons. The Morgan fingerprint density at radius 2 is 1.63 bits per heavy atom. The minimum absolute atomic E-state index is 0.188. The standard InChI is InChI=1S/C32H34N4O6S/c1-17-8-9-21(12-26(17)42-16-30(38)34-32-33-24-10-18(2)19(3)11-29(24)43-32)25-15-23(35-36(25)20(4)37)22-13-27(39-5)31(41-7)28(14-22)40-6/h8-14,25H,15-16H2,1-7H3,(H,33,34,38). The van der Waals surface area contributed by atoms with E-state index in [1.54, 1.807) is 21.3 Å². The summed E-state index contributed by atoms with van der Waals surface area (Å²) in [7, 11) is 4.65. The highest BCUT2D eigenvalue weighted by molar-refractivity contribution is 7.22. The molecule has 11 heteroatoms. The van der Waals surface area contributed by atoms with E-state index in [4.69, 9.17) is 18.9 Å². The van der Waals surface area contributed by atoms with E-state index in [1.165, 1.54) is 28.8 Å². The average Bonchev–Trinajstić information content (AvgIpc) is 3.60. The van der Waals surface area contributed by atoms with Crippen LogP contribution in [0.15, 0.2) is 47.6 Å². The summed E-state index contributed by atoms with van der Waals surface area (Å²) in [5, 5.41) is 9.50. The van der Waals surface area contributed by atoms with Crippen molar-refractivity contribution in [2.75, 3.05) is 33.3 Å². The van der Waals surface area contributed by atoms with Crippen LogP contribution in [0.4, 0.5) is 5.13 Å². The topological polar surface area (TPSA) is 112 Å². The Balaban J connectivity index is 1.32. The second-order valence-corrected chi connectivity index (χ2v) is 11.4. The number of rotatable bonds is 9. The molecule has 5 rings (SSSR count). The molecule has 0 spiro atoms. The first-order valence-corrected chi connectivity index (χ1v) is 14.5. The van der Waals surface area contributed by atoms with Crippen LogP contribution in [0, 0.1) is 20.8 Å². The van der Waals surface area contributed by atoms with Gasteiger partial charge in [0.2, 0.25) is 11.7 Å². The summed E-state index contributed by atoms with van der Waals surface area (Å²) in [6, 6.07) is 13.1. The third-order valence-corrected chi connectivity index (χ3v) is 8.37. The number of hydrogen-bond acceptors (Lipinski definition) is 9. The molecule has 1 atom stereocenters. The second-order valence-electron chi connectivity index (χ2n) is 10.3. The molecular weight excluding hydrogens is 568 g/mol. The van der Waals surface area contributed by atoms with Crippen molar-refractivity contribution in [3.63, 3.8) is 0 Å². The Morgan fingerprint density at radius 3 is 2.28 bits per heavy atom. The fourth-order valence-corrected chi connectivity index (χ4v) is 5.96. The van der Waals surface area contributed by atoms with Crippen LogP contribution >= 0.6 is 11.3 Å². The first kappa shape index (κ1) is 29.8. The SMILES string of the molecule is COc1cc(C2=NN(C(C)=O)C(c3ccc(C)c(OCC(=O)Nc4nc5cc(C)c(C)cc5s4)c3)C2)cc(OC)c1OC. The van der Waals surface area contributed by atoms with Crippen molar-refractivity contribution < 1.29 is 28.5 Å². The molecule has 1 unspecified atom stereocenters. The summed E-state index contributed by atoms with van der Waals surface area (Å²) in [4.78, 5) is 30.0. The number of nitrogens with one attached hydrogen (secondary N) is 1. The summed E-state index contributed by atoms with van der Waals surface area (Å²) in [6.07, 6.45) is 0.456. The number of hydrogen-bond donors (Lipinski definition) is 1. The number of aromatic nitrogens is 1. The lowest BCUT2D eigenvalue weighted by molar-refractivity contribution is -0.130. The molecule has 3 aromatic carbocycles. The molecule has 2 heterocycles. The summed E-state index contributed by atoms with van der Waals surface area (Å²) in [6.45, 7) is 7.29. The highest BCUT2D eigenvalue weighted by Gasteiger charge is 2.33. The first-order valence-electron chi connectivity index (χ1n) is 13.7. The van der Waals surface area contributed by atoms with Crippen LogP contribution in [0.2, 0.25) is 0 Å². The first-order chi connectivity index (χ1) is 20.6. The van der Waals surface area contributed by atoms with Crippen LogP contribution in [0.3, 0.4) is 0 Å². The molecule has 1 aliphatic rings. The summed E-state index contributed by atoms with van der Waals surface area (Å²) >= 11 is 1.43. The molecule has 0 aliphatic carbocycles. The van der Waals surface area contributed by atoms with Crippen molar-refractivity contribution in [3.05, 3.63) is 70.3 Å². The molecule has 4 aromatic rings. The number of amides is 2. The minimum atomic E-state index is -0.363. The molecule has 1 N–H and O–H groups in total. The molecule has 1 aromatic heterocycles. The number of thiazole rings is 1. The number of carbonyl (C=O) groups is 2. The molecule has 1 aliphatic heterocycles. The monoisotopic (exact) mass is 602 g/mol. The lowest BCUT2D eigenvalue weighted by Gasteiger charge is -2.21. The van der Waals surface area contributed by atoms with Crippen molar-refractivity contribution in [1.82, 2.24) is 9.99 Å². The number of ether oxygens (including phenoxy) is 4. The summed E-state index contributed by atoms with van der Waals surface area (Å²) in [5.74, 6) is 1.51. The third kappa shape index (κ3) is 6.12. The van der Waals surface area contributed by atoms with E-state index in [0.29, 0.717) is 40.3 Å². The second kappa shape index (κ2) is 12.3. The molecule has 0 saturated carbocycles. The van der Waals surface area contributed by atoms with E-state index < -0.39 is 0 Å². The van der Waals surface area contributed by atoms with E-state index in [1.807, 2.05) is 50.2 Å². The van der Waals surface area contributed by atoms with Gasteiger partial charge in [-0.3, -0.25) is 14.9 Å². The van der Waals surface area contributed by atoms with Crippen molar-refractivity contribution in [2.45, 2.75) is 40.2 Å². The van der Waals surface area contributed by atoms with Gasteiger partial charge >= 0.3 is 0 Å². The van der Waals surface area contributed by atoms with Gasteiger partial charge in [-0.15, -0.1) is 0 Å². The third-order valence-electron chi connectivity index (χ3n) is 7.44. The molecule has 10 nitrogen and oxygen atoms in total. The van der Waals surface area contributed by atoms with Gasteiger partial charge in [-0.1, -0.05) is 23.5 Å². The van der Waals surface area contributed by atoms with E-state index in [9.17, 15) is 9.59 Å². The number of anilines is 1. The van der Waals surface area contributed by atoms with E-state index in [-0.39, 0.29) is 24.5 Å². The van der Waals surface area contributed by atoms with Crippen molar-refractivity contribution in [1.29, 1.82) is 0 Å². The number of benzene rings is 3. The predicted octanol–water partition coefficient (Wildman–Crippen LogP) is 5.96. The van der Waals surface area contributed by atoms with Crippen molar-refractivity contribution >= 4 is 44.2 Å². The normalized spacial score (nSPS) is 14.4. The van der Waals surface area contributed by atoms with Gasteiger partial charge in [-0.05, 0) is 73.4 Å². The van der Waals surface area contributed by atoms with Gasteiger partial charge in [0, 0.05) is 18.9 Å². The maximum absolute atomic E-state index is 12.8. The number of nitrogens with zero attached hydrogens (tertiary/aromatic N) is 3. The number of carbonyl (C=O) groups excluding carboxylic acids is 2. The zero-order valence-corrected chi connectivity index (χ0v) is 26.0. The molecule has 0 saturated heterocycles. The number of hydrazone groups is 1. The highest BCUT2D eigenvalue weighted by Crippen LogP contribution is 2.41. The predicted molar refractivity (Wildman–Crippen MR) is 167 cm³/mol. The van der Waals surface area contributed by atoms with Gasteiger partial charge in [-0.2, -0.15) is 5.10 Å². The Bertz CT molecular complexity index is 1680. The maximum Gasteiger partial charge on any atom is 0.264 e. The van der Waals surface area contributed by atoms with Crippen LogP contribution in [-0.4, -0.2) is 55.5 Å². The van der Waals surface area contributed by atoms with Crippen LogP contribution in [-0.2, 0) is 9.59 Å². The smallest absolute Gasteiger partial charge is 0.264 e. The number of methoxy groups -OCH3 is 3. The minimum Gasteiger partial charge on any atom is -0.493 e. The zero-order valence-electron chi connectivity index (χ0n) is 25.2. The van der Waals surface area contributed by atoms with Gasteiger partial charge < -0.3 is 18.9 Å².